The molecule has 1 aliphatic heterocycles. The summed E-state index contributed by atoms with van der Waals surface area (Å²) in [5.41, 5.74) is 1.38. The Morgan fingerprint density at radius 1 is 1.21 bits per heavy atom. The van der Waals surface area contributed by atoms with E-state index in [1.54, 1.807) is 0 Å². The number of rotatable bonds is 7. The number of ether oxygens (including phenoxy) is 1. The summed E-state index contributed by atoms with van der Waals surface area (Å²) in [5, 5.41) is 3.20. The number of likely N-dealkylation sites (N-methyl/N-ethyl adjacent to an activating group) is 2. The quantitative estimate of drug-likeness (QED) is 0.816. The summed E-state index contributed by atoms with van der Waals surface area (Å²) in [4.78, 5) is 2.47. The van der Waals surface area contributed by atoms with Crippen molar-refractivity contribution in [1.82, 2.24) is 10.2 Å². The van der Waals surface area contributed by atoms with Crippen molar-refractivity contribution in [3.8, 4) is 0 Å². The van der Waals surface area contributed by atoms with Crippen LogP contribution < -0.4 is 5.32 Å². The molecule has 0 amide bonds. The minimum absolute atomic E-state index is 0.405. The van der Waals surface area contributed by atoms with Crippen LogP contribution in [0, 0.1) is 0 Å². The average Bonchev–Trinajstić information content (AvgIpc) is 2.87. The Kier molecular flexibility index (Phi) is 5.83. The van der Waals surface area contributed by atoms with E-state index in [2.05, 4.69) is 47.5 Å². The Balaban J connectivity index is 1.80. The molecule has 3 heteroatoms. The van der Waals surface area contributed by atoms with E-state index in [4.69, 9.17) is 4.74 Å². The van der Waals surface area contributed by atoms with Crippen molar-refractivity contribution in [2.24, 2.45) is 0 Å². The highest BCUT2D eigenvalue weighted by molar-refractivity contribution is 5.14. The fourth-order valence-corrected chi connectivity index (χ4v) is 2.73. The molecule has 1 fully saturated rings. The smallest absolute Gasteiger partial charge is 0.0707 e. The first kappa shape index (κ1) is 14.5. The van der Waals surface area contributed by atoms with Gasteiger partial charge < -0.3 is 10.1 Å². The van der Waals surface area contributed by atoms with Gasteiger partial charge in [0.1, 0.15) is 0 Å². The SMILES string of the molecule is CCN(Cc1ccccc1)CC1CCC(CNC)O1. The standard InChI is InChI=1S/C16H26N2O/c1-3-18(12-14-7-5-4-6-8-14)13-16-10-9-15(19-16)11-17-2/h4-8,15-17H,3,9-13H2,1-2H3. The third-order valence-electron chi connectivity index (χ3n) is 3.79. The van der Waals surface area contributed by atoms with Crippen LogP contribution in [0.15, 0.2) is 30.3 Å². The van der Waals surface area contributed by atoms with E-state index in [9.17, 15) is 0 Å². The summed E-state index contributed by atoms with van der Waals surface area (Å²) in [6, 6.07) is 10.7. The van der Waals surface area contributed by atoms with Gasteiger partial charge in [-0.05, 0) is 32.0 Å². The van der Waals surface area contributed by atoms with Crippen LogP contribution >= 0.6 is 0 Å². The van der Waals surface area contributed by atoms with Gasteiger partial charge in [-0.15, -0.1) is 0 Å². The van der Waals surface area contributed by atoms with Gasteiger partial charge in [-0.25, -0.2) is 0 Å². The van der Waals surface area contributed by atoms with E-state index in [1.165, 1.54) is 18.4 Å². The van der Waals surface area contributed by atoms with E-state index < -0.39 is 0 Å². The Bertz CT molecular complexity index is 355. The number of hydrogen-bond donors (Lipinski definition) is 1. The van der Waals surface area contributed by atoms with E-state index in [-0.39, 0.29) is 0 Å². The lowest BCUT2D eigenvalue weighted by Crippen LogP contribution is -2.33. The number of hydrogen-bond acceptors (Lipinski definition) is 3. The minimum Gasteiger partial charge on any atom is -0.372 e. The second-order valence-electron chi connectivity index (χ2n) is 5.33. The fourth-order valence-electron chi connectivity index (χ4n) is 2.73. The second-order valence-corrected chi connectivity index (χ2v) is 5.33. The van der Waals surface area contributed by atoms with Gasteiger partial charge in [0, 0.05) is 19.6 Å². The second kappa shape index (κ2) is 7.63. The molecule has 19 heavy (non-hydrogen) atoms. The van der Waals surface area contributed by atoms with Gasteiger partial charge >= 0.3 is 0 Å². The Morgan fingerprint density at radius 2 is 1.95 bits per heavy atom. The lowest BCUT2D eigenvalue weighted by molar-refractivity contribution is 0.0236. The van der Waals surface area contributed by atoms with Crippen molar-refractivity contribution in [1.29, 1.82) is 0 Å². The molecule has 2 atom stereocenters. The molecule has 0 radical (unpaired) electrons. The van der Waals surface area contributed by atoms with Crippen LogP contribution in [0.4, 0.5) is 0 Å². The molecule has 1 saturated heterocycles. The van der Waals surface area contributed by atoms with Crippen LogP contribution in [0.1, 0.15) is 25.3 Å². The molecule has 2 unspecified atom stereocenters. The van der Waals surface area contributed by atoms with E-state index in [0.717, 1.165) is 26.2 Å². The molecule has 1 aromatic rings. The molecule has 0 aromatic heterocycles. The number of nitrogens with one attached hydrogen (secondary N) is 1. The van der Waals surface area contributed by atoms with Gasteiger partial charge in [-0.3, -0.25) is 4.90 Å². The van der Waals surface area contributed by atoms with Gasteiger partial charge in [0.2, 0.25) is 0 Å². The van der Waals surface area contributed by atoms with Crippen molar-refractivity contribution in [3.05, 3.63) is 35.9 Å². The van der Waals surface area contributed by atoms with Crippen LogP contribution in [0.5, 0.6) is 0 Å². The fraction of sp³-hybridized carbons (Fsp3) is 0.625. The summed E-state index contributed by atoms with van der Waals surface area (Å²) >= 11 is 0. The van der Waals surface area contributed by atoms with Crippen molar-refractivity contribution in [3.63, 3.8) is 0 Å². The highest BCUT2D eigenvalue weighted by Crippen LogP contribution is 2.20. The maximum atomic E-state index is 6.07. The van der Waals surface area contributed by atoms with Crippen molar-refractivity contribution >= 4 is 0 Å². The van der Waals surface area contributed by atoms with Crippen LogP contribution in [-0.2, 0) is 11.3 Å². The predicted octanol–water partition coefficient (Wildman–Crippen LogP) is 2.28. The largest absolute Gasteiger partial charge is 0.372 e. The molecular weight excluding hydrogens is 236 g/mol. The summed E-state index contributed by atoms with van der Waals surface area (Å²) in [6.07, 6.45) is 3.19. The van der Waals surface area contributed by atoms with Crippen molar-refractivity contribution in [2.45, 2.75) is 38.5 Å². The maximum absolute atomic E-state index is 6.07. The van der Waals surface area contributed by atoms with Crippen molar-refractivity contribution in [2.75, 3.05) is 26.7 Å². The molecular formula is C16H26N2O. The minimum atomic E-state index is 0.405. The van der Waals surface area contributed by atoms with Crippen molar-refractivity contribution < 1.29 is 4.74 Å². The number of benzene rings is 1. The zero-order chi connectivity index (χ0) is 13.5. The predicted molar refractivity (Wildman–Crippen MR) is 79.2 cm³/mol. The summed E-state index contributed by atoms with van der Waals surface area (Å²) in [5.74, 6) is 0. The van der Waals surface area contributed by atoms with Crippen LogP contribution in [0.2, 0.25) is 0 Å². The molecule has 106 valence electrons. The Labute approximate surface area is 116 Å². The molecule has 2 rings (SSSR count). The topological polar surface area (TPSA) is 24.5 Å². The molecule has 1 heterocycles. The lowest BCUT2D eigenvalue weighted by atomic mass is 10.1. The van der Waals surface area contributed by atoms with Crippen LogP contribution in [-0.4, -0.2) is 43.8 Å². The molecule has 0 aliphatic carbocycles. The zero-order valence-electron chi connectivity index (χ0n) is 12.1. The third-order valence-corrected chi connectivity index (χ3v) is 3.79. The Hall–Kier alpha value is -0.900. The molecule has 1 N–H and O–H groups in total. The molecule has 0 spiro atoms. The first-order chi connectivity index (χ1) is 9.31. The lowest BCUT2D eigenvalue weighted by Gasteiger charge is -2.24. The normalized spacial score (nSPS) is 23.1. The maximum Gasteiger partial charge on any atom is 0.0707 e. The van der Waals surface area contributed by atoms with Gasteiger partial charge in [0.15, 0.2) is 0 Å². The molecule has 0 bridgehead atoms. The van der Waals surface area contributed by atoms with E-state index >= 15 is 0 Å². The monoisotopic (exact) mass is 262 g/mol. The zero-order valence-corrected chi connectivity index (χ0v) is 12.1. The molecule has 1 aliphatic rings. The van der Waals surface area contributed by atoms with Gasteiger partial charge in [-0.1, -0.05) is 37.3 Å². The van der Waals surface area contributed by atoms with Gasteiger partial charge in [0.05, 0.1) is 12.2 Å². The highest BCUT2D eigenvalue weighted by atomic mass is 16.5. The number of nitrogens with zero attached hydrogens (tertiary/aromatic N) is 1. The molecule has 0 saturated carbocycles. The summed E-state index contributed by atoms with van der Waals surface area (Å²) < 4.78 is 6.07. The molecule has 3 nitrogen and oxygen atoms in total. The molecule has 1 aromatic carbocycles. The first-order valence-electron chi connectivity index (χ1n) is 7.38. The summed E-state index contributed by atoms with van der Waals surface area (Å²) in [7, 11) is 1.99. The van der Waals surface area contributed by atoms with Gasteiger partial charge in [-0.2, -0.15) is 0 Å². The highest BCUT2D eigenvalue weighted by Gasteiger charge is 2.25. The first-order valence-corrected chi connectivity index (χ1v) is 7.38. The van der Waals surface area contributed by atoms with Crippen LogP contribution in [0.25, 0.3) is 0 Å². The van der Waals surface area contributed by atoms with Crippen LogP contribution in [0.3, 0.4) is 0 Å². The Morgan fingerprint density at radius 3 is 2.63 bits per heavy atom. The average molecular weight is 262 g/mol. The summed E-state index contributed by atoms with van der Waals surface area (Å²) in [6.45, 7) is 6.34. The van der Waals surface area contributed by atoms with E-state index in [1.807, 2.05) is 7.05 Å². The third kappa shape index (κ3) is 4.60. The van der Waals surface area contributed by atoms with E-state index in [0.29, 0.717) is 12.2 Å². The van der Waals surface area contributed by atoms with Gasteiger partial charge in [0.25, 0.3) is 0 Å².